The second-order valence-electron chi connectivity index (χ2n) is 9.11. The van der Waals surface area contributed by atoms with E-state index >= 15 is 0 Å². The largest absolute Gasteiger partial charge is 0.379 e. The van der Waals surface area contributed by atoms with E-state index in [2.05, 4.69) is 21.0 Å². The number of carbonyl (C=O) groups excluding carboxylic acids is 3. The predicted molar refractivity (Wildman–Crippen MR) is 133 cm³/mol. The van der Waals surface area contributed by atoms with Crippen LogP contribution in [0.2, 0.25) is 0 Å². The number of nitrogens with one attached hydrogen (secondary N) is 2. The van der Waals surface area contributed by atoms with Crippen molar-refractivity contribution in [1.82, 2.24) is 15.3 Å². The Morgan fingerprint density at radius 1 is 1.14 bits per heavy atom. The monoisotopic (exact) mass is 507 g/mol. The highest BCUT2D eigenvalue weighted by molar-refractivity contribution is 7.15. The summed E-state index contributed by atoms with van der Waals surface area (Å²) in [5.74, 6) is -0.279. The Morgan fingerprint density at radius 2 is 1.97 bits per heavy atom. The number of thiophene rings is 1. The molecule has 0 bridgehead atoms. The lowest BCUT2D eigenvalue weighted by molar-refractivity contribution is 0.0207. The number of ether oxygens (including phenoxy) is 1. The summed E-state index contributed by atoms with van der Waals surface area (Å²) < 4.78 is 5.30. The Kier molecular flexibility index (Phi) is 5.88. The number of likely N-dealkylation sites (tertiary alicyclic amines) is 1. The molecule has 4 N–H and O–H groups in total. The number of nitrogens with two attached hydrogens (primary N) is 1. The van der Waals surface area contributed by atoms with E-state index in [1.807, 2.05) is 12.1 Å². The number of morpholine rings is 1. The van der Waals surface area contributed by atoms with E-state index < -0.39 is 12.1 Å². The Hall–Kier alpha value is -3.45. The van der Waals surface area contributed by atoms with E-state index in [0.29, 0.717) is 77.2 Å². The molecule has 11 nitrogen and oxygen atoms in total. The van der Waals surface area contributed by atoms with Crippen LogP contribution < -0.4 is 16.5 Å². The van der Waals surface area contributed by atoms with Crippen molar-refractivity contribution < 1.29 is 19.1 Å². The summed E-state index contributed by atoms with van der Waals surface area (Å²) in [7, 11) is 0. The highest BCUT2D eigenvalue weighted by Crippen LogP contribution is 2.49. The first-order valence-corrected chi connectivity index (χ1v) is 12.7. The van der Waals surface area contributed by atoms with E-state index in [-0.39, 0.29) is 17.7 Å². The first-order valence-electron chi connectivity index (χ1n) is 11.9. The van der Waals surface area contributed by atoms with Crippen molar-refractivity contribution in [3.05, 3.63) is 56.8 Å². The molecule has 4 aliphatic rings. The van der Waals surface area contributed by atoms with Gasteiger partial charge in [0.1, 0.15) is 11.7 Å². The molecule has 0 spiro atoms. The number of fused-ring (bicyclic) bond motifs is 3. The molecule has 4 heterocycles. The molecule has 1 aliphatic carbocycles. The van der Waals surface area contributed by atoms with E-state index in [1.54, 1.807) is 28.1 Å². The van der Waals surface area contributed by atoms with Crippen LogP contribution in [0.25, 0.3) is 5.70 Å². The van der Waals surface area contributed by atoms with Gasteiger partial charge in [0, 0.05) is 32.2 Å². The lowest BCUT2D eigenvalue weighted by Crippen LogP contribution is -2.49. The third kappa shape index (κ3) is 4.01. The average molecular weight is 508 g/mol. The van der Waals surface area contributed by atoms with Crippen LogP contribution in [0.4, 0.5) is 10.5 Å². The number of benzene rings is 1. The number of amides is 3. The van der Waals surface area contributed by atoms with E-state index in [9.17, 15) is 14.4 Å². The number of ketones is 1. The fraction of sp³-hybridized carbons (Fsp3) is 0.375. The second-order valence-corrected chi connectivity index (χ2v) is 10.2. The molecule has 1 aromatic carbocycles. The summed E-state index contributed by atoms with van der Waals surface area (Å²) in [6, 6.07) is 7.96. The van der Waals surface area contributed by atoms with E-state index in [0.717, 1.165) is 6.42 Å². The molecule has 3 amide bonds. The fourth-order valence-electron chi connectivity index (χ4n) is 4.96. The molecule has 2 unspecified atom stereocenters. The molecule has 3 aliphatic heterocycles. The summed E-state index contributed by atoms with van der Waals surface area (Å²) in [5, 5.41) is 13.3. The molecule has 6 rings (SSSR count). The maximum Gasteiger partial charge on any atom is 0.333 e. The minimum atomic E-state index is -0.524. The average Bonchev–Trinajstić information content (AvgIpc) is 3.65. The summed E-state index contributed by atoms with van der Waals surface area (Å²) in [5.41, 5.74) is 11.2. The van der Waals surface area contributed by atoms with Gasteiger partial charge in [0.25, 0.3) is 5.91 Å². The van der Waals surface area contributed by atoms with Gasteiger partial charge in [-0.25, -0.2) is 9.80 Å². The lowest BCUT2D eigenvalue weighted by atomic mass is 10.1. The van der Waals surface area contributed by atoms with Gasteiger partial charge >= 0.3 is 6.03 Å². The number of urea groups is 1. The first kappa shape index (κ1) is 23.0. The van der Waals surface area contributed by atoms with Crippen molar-refractivity contribution in [3.63, 3.8) is 0 Å². The molecule has 186 valence electrons. The summed E-state index contributed by atoms with van der Waals surface area (Å²) >= 11 is 1.30. The smallest absolute Gasteiger partial charge is 0.333 e. The van der Waals surface area contributed by atoms with Crippen LogP contribution in [0.15, 0.2) is 46.1 Å². The van der Waals surface area contributed by atoms with Gasteiger partial charge in [0.15, 0.2) is 5.78 Å². The summed E-state index contributed by atoms with van der Waals surface area (Å²) in [6.07, 6.45) is 0.794. The summed E-state index contributed by atoms with van der Waals surface area (Å²) in [6.45, 7) is 3.47. The third-order valence-corrected chi connectivity index (χ3v) is 7.83. The van der Waals surface area contributed by atoms with Crippen LogP contribution in [0.3, 0.4) is 0 Å². The molecule has 36 heavy (non-hydrogen) atoms. The zero-order chi connectivity index (χ0) is 24.8. The number of azo groups is 1. The normalized spacial score (nSPS) is 23.2. The van der Waals surface area contributed by atoms with Crippen LogP contribution >= 0.6 is 11.3 Å². The molecule has 2 saturated heterocycles. The first-order chi connectivity index (χ1) is 17.5. The van der Waals surface area contributed by atoms with Crippen molar-refractivity contribution in [3.8, 4) is 0 Å². The number of hydrazine groups is 1. The van der Waals surface area contributed by atoms with Crippen molar-refractivity contribution >= 4 is 40.4 Å². The number of anilines is 1. The summed E-state index contributed by atoms with van der Waals surface area (Å²) in [4.78, 5) is 42.1. The van der Waals surface area contributed by atoms with Gasteiger partial charge in [-0.2, -0.15) is 10.2 Å². The Morgan fingerprint density at radius 3 is 2.75 bits per heavy atom. The van der Waals surface area contributed by atoms with Crippen LogP contribution in [-0.4, -0.2) is 73.1 Å². The zero-order valence-electron chi connectivity index (χ0n) is 19.4. The molecule has 2 fully saturated rings. The molecule has 1 aromatic heterocycles. The SMILES string of the molecule is NC1CCN(C(=O)c2ccc(C3=C4C(=O)c5c(NC(=O)NN6CCOCC6)cccc5C4N=N3)s2)C1. The standard InChI is InChI=1S/C24H25N7O4S/c25-13-6-7-30(12-13)23(33)17-5-4-16(36-17)21-19-20(27-28-21)14-2-1-3-15(18(14)22(19)32)26-24(34)29-31-8-10-35-11-9-31/h1-5,13,20H,6-12,25H2,(H2,26,29,34). The van der Waals surface area contributed by atoms with Gasteiger partial charge < -0.3 is 20.7 Å². The van der Waals surface area contributed by atoms with Crippen molar-refractivity contribution in [2.45, 2.75) is 18.5 Å². The number of hydrogen-bond acceptors (Lipinski definition) is 9. The van der Waals surface area contributed by atoms with Gasteiger partial charge in [-0.3, -0.25) is 15.0 Å². The van der Waals surface area contributed by atoms with Gasteiger partial charge in [-0.1, -0.05) is 12.1 Å². The number of rotatable bonds is 4. The lowest BCUT2D eigenvalue weighted by Gasteiger charge is -2.27. The molecular weight excluding hydrogens is 482 g/mol. The second kappa shape index (κ2) is 9.21. The quantitative estimate of drug-likeness (QED) is 0.580. The Balaban J connectivity index is 1.24. The minimum Gasteiger partial charge on any atom is -0.379 e. The minimum absolute atomic E-state index is 0.0103. The van der Waals surface area contributed by atoms with E-state index in [4.69, 9.17) is 10.5 Å². The van der Waals surface area contributed by atoms with E-state index in [1.165, 1.54) is 11.3 Å². The molecule has 0 radical (unpaired) electrons. The zero-order valence-corrected chi connectivity index (χ0v) is 20.2. The number of hydrogen-bond donors (Lipinski definition) is 3. The van der Waals surface area contributed by atoms with Gasteiger partial charge in [-0.15, -0.1) is 11.3 Å². The highest BCUT2D eigenvalue weighted by atomic mass is 32.1. The molecule has 12 heteroatoms. The Bertz CT molecular complexity index is 1310. The number of carbonyl (C=O) groups is 3. The van der Waals surface area contributed by atoms with Crippen molar-refractivity contribution in [2.75, 3.05) is 44.7 Å². The van der Waals surface area contributed by atoms with Crippen LogP contribution in [-0.2, 0) is 4.74 Å². The Labute approximate surface area is 210 Å². The van der Waals surface area contributed by atoms with Gasteiger partial charge in [0.2, 0.25) is 0 Å². The maximum atomic E-state index is 13.6. The predicted octanol–water partition coefficient (Wildman–Crippen LogP) is 2.40. The molecule has 2 atom stereocenters. The molecular formula is C24H25N7O4S. The van der Waals surface area contributed by atoms with Crippen molar-refractivity contribution in [2.24, 2.45) is 16.0 Å². The van der Waals surface area contributed by atoms with Crippen LogP contribution in [0.5, 0.6) is 0 Å². The molecule has 0 saturated carbocycles. The highest BCUT2D eigenvalue weighted by Gasteiger charge is 2.42. The van der Waals surface area contributed by atoms with Gasteiger partial charge in [-0.05, 0) is 30.2 Å². The number of Topliss-reactive ketones (excluding diaryl/α,β-unsaturated/α-hetero) is 1. The topological polar surface area (TPSA) is 142 Å². The maximum absolute atomic E-state index is 13.6. The van der Waals surface area contributed by atoms with Crippen LogP contribution in [0, 0.1) is 0 Å². The van der Waals surface area contributed by atoms with Crippen LogP contribution in [0.1, 0.15) is 42.9 Å². The third-order valence-electron chi connectivity index (χ3n) is 6.75. The number of nitrogens with zero attached hydrogens (tertiary/aromatic N) is 4. The van der Waals surface area contributed by atoms with Crippen molar-refractivity contribution in [1.29, 1.82) is 0 Å². The van der Waals surface area contributed by atoms with Gasteiger partial charge in [0.05, 0.1) is 39.8 Å². The fourth-order valence-corrected chi connectivity index (χ4v) is 5.93. The molecule has 2 aromatic rings.